The van der Waals surface area contributed by atoms with Crippen LogP contribution in [0.4, 0.5) is 0 Å². The van der Waals surface area contributed by atoms with Crippen LogP contribution in [0.5, 0.6) is 11.5 Å². The van der Waals surface area contributed by atoms with Gasteiger partial charge in [-0.2, -0.15) is 0 Å². The summed E-state index contributed by atoms with van der Waals surface area (Å²) in [5, 5.41) is 8.74. The van der Waals surface area contributed by atoms with Gasteiger partial charge in [0.25, 0.3) is 0 Å². The van der Waals surface area contributed by atoms with E-state index in [0.29, 0.717) is 22.2 Å². The predicted octanol–water partition coefficient (Wildman–Crippen LogP) is 3.54. The van der Waals surface area contributed by atoms with Crippen LogP contribution in [0.25, 0.3) is 5.69 Å². The first-order valence-corrected chi connectivity index (χ1v) is 6.89. The van der Waals surface area contributed by atoms with Crippen molar-refractivity contribution < 1.29 is 9.47 Å². The molecule has 0 unspecified atom stereocenters. The number of halogens is 2. The largest absolute Gasteiger partial charge is 0.495 e. The smallest absolute Gasteiger partial charge is 0.229 e. The molecule has 0 spiro atoms. The van der Waals surface area contributed by atoms with E-state index in [4.69, 9.17) is 32.7 Å². The molecule has 0 fully saturated rings. The summed E-state index contributed by atoms with van der Waals surface area (Å²) < 4.78 is 12.3. The molecule has 0 radical (unpaired) electrons. The van der Waals surface area contributed by atoms with Crippen molar-refractivity contribution in [3.05, 3.63) is 28.3 Å². The van der Waals surface area contributed by atoms with Gasteiger partial charge in [0.2, 0.25) is 5.28 Å². The molecular weight excluding hydrogens is 301 g/mol. The molecule has 0 aliphatic carbocycles. The first-order chi connectivity index (χ1) is 9.62. The molecule has 108 valence electrons. The predicted molar refractivity (Wildman–Crippen MR) is 78.5 cm³/mol. The molecule has 5 nitrogen and oxygen atoms in total. The number of benzene rings is 1. The summed E-state index contributed by atoms with van der Waals surface area (Å²) in [5.74, 6) is 1.88. The van der Waals surface area contributed by atoms with E-state index in [-0.39, 0.29) is 5.28 Å². The fraction of sp³-hybridized carbons (Fsp3) is 0.385. The van der Waals surface area contributed by atoms with Crippen molar-refractivity contribution in [1.29, 1.82) is 0 Å². The third-order valence-corrected chi connectivity index (χ3v) is 3.40. The molecule has 0 aliphatic rings. The fourth-order valence-electron chi connectivity index (χ4n) is 1.94. The van der Waals surface area contributed by atoms with Gasteiger partial charge in [-0.1, -0.05) is 18.5 Å². The van der Waals surface area contributed by atoms with E-state index in [0.717, 1.165) is 18.7 Å². The van der Waals surface area contributed by atoms with Gasteiger partial charge in [-0.05, 0) is 18.0 Å². The molecule has 0 atom stereocenters. The average molecular weight is 316 g/mol. The monoisotopic (exact) mass is 315 g/mol. The molecule has 1 aromatic carbocycles. The Bertz CT molecular complexity index is 614. The summed E-state index contributed by atoms with van der Waals surface area (Å²) in [6.07, 6.45) is 1.69. The van der Waals surface area contributed by atoms with Gasteiger partial charge >= 0.3 is 0 Å². The SMILES string of the molecule is CCCc1nnc(Cl)n1-c1cc(OC)c(Cl)cc1OC. The van der Waals surface area contributed by atoms with E-state index in [1.807, 2.05) is 0 Å². The Labute approximate surface area is 127 Å². The third-order valence-electron chi connectivity index (χ3n) is 2.86. The topological polar surface area (TPSA) is 49.2 Å². The second-order valence-corrected chi connectivity index (χ2v) is 4.87. The van der Waals surface area contributed by atoms with Crippen LogP contribution >= 0.6 is 23.2 Å². The summed E-state index contributed by atoms with van der Waals surface area (Å²) >= 11 is 12.2. The molecule has 2 rings (SSSR count). The van der Waals surface area contributed by atoms with Gasteiger partial charge < -0.3 is 9.47 Å². The van der Waals surface area contributed by atoms with Crippen LogP contribution in [0.2, 0.25) is 10.3 Å². The van der Waals surface area contributed by atoms with Crippen LogP contribution in [-0.4, -0.2) is 29.0 Å². The average Bonchev–Trinajstić information content (AvgIpc) is 2.80. The number of aryl methyl sites for hydroxylation is 1. The highest BCUT2D eigenvalue weighted by Crippen LogP contribution is 2.36. The molecule has 20 heavy (non-hydrogen) atoms. The van der Waals surface area contributed by atoms with Crippen LogP contribution < -0.4 is 9.47 Å². The van der Waals surface area contributed by atoms with Gasteiger partial charge in [0.05, 0.1) is 24.9 Å². The molecule has 0 saturated carbocycles. The Morgan fingerprint density at radius 3 is 2.40 bits per heavy atom. The van der Waals surface area contributed by atoms with Gasteiger partial charge in [0, 0.05) is 18.6 Å². The maximum absolute atomic E-state index is 6.14. The second-order valence-electron chi connectivity index (χ2n) is 4.13. The lowest BCUT2D eigenvalue weighted by atomic mass is 10.2. The zero-order valence-electron chi connectivity index (χ0n) is 11.5. The minimum Gasteiger partial charge on any atom is -0.495 e. The lowest BCUT2D eigenvalue weighted by molar-refractivity contribution is 0.401. The lowest BCUT2D eigenvalue weighted by Crippen LogP contribution is -2.04. The molecule has 0 saturated heterocycles. The van der Waals surface area contributed by atoms with Crippen molar-refractivity contribution in [3.63, 3.8) is 0 Å². The highest BCUT2D eigenvalue weighted by atomic mass is 35.5. The summed E-state index contributed by atoms with van der Waals surface area (Å²) in [4.78, 5) is 0. The molecule has 1 heterocycles. The van der Waals surface area contributed by atoms with Gasteiger partial charge in [-0.3, -0.25) is 4.57 Å². The molecule has 0 N–H and O–H groups in total. The lowest BCUT2D eigenvalue weighted by Gasteiger charge is -2.14. The number of aromatic nitrogens is 3. The summed E-state index contributed by atoms with van der Waals surface area (Å²) in [7, 11) is 3.12. The number of nitrogens with zero attached hydrogens (tertiary/aromatic N) is 3. The fourth-order valence-corrected chi connectivity index (χ4v) is 2.40. The number of methoxy groups -OCH3 is 2. The number of hydrogen-bond acceptors (Lipinski definition) is 4. The van der Waals surface area contributed by atoms with Crippen LogP contribution in [0.3, 0.4) is 0 Å². The van der Waals surface area contributed by atoms with Gasteiger partial charge in [0.1, 0.15) is 17.3 Å². The molecule has 0 aliphatic heterocycles. The highest BCUT2D eigenvalue weighted by molar-refractivity contribution is 6.32. The Kier molecular flexibility index (Phi) is 4.73. The van der Waals surface area contributed by atoms with Crippen molar-refractivity contribution in [2.45, 2.75) is 19.8 Å². The summed E-state index contributed by atoms with van der Waals surface area (Å²) in [6.45, 7) is 2.06. The highest BCUT2D eigenvalue weighted by Gasteiger charge is 2.18. The van der Waals surface area contributed by atoms with E-state index < -0.39 is 0 Å². The van der Waals surface area contributed by atoms with E-state index in [9.17, 15) is 0 Å². The third kappa shape index (κ3) is 2.69. The Balaban J connectivity index is 2.64. The van der Waals surface area contributed by atoms with Crippen molar-refractivity contribution in [1.82, 2.24) is 14.8 Å². The minimum absolute atomic E-state index is 0.274. The minimum atomic E-state index is 0.274. The molecular formula is C13H15Cl2N3O2. The van der Waals surface area contributed by atoms with Crippen molar-refractivity contribution >= 4 is 23.2 Å². The van der Waals surface area contributed by atoms with E-state index in [1.165, 1.54) is 0 Å². The Hall–Kier alpha value is -1.46. The van der Waals surface area contributed by atoms with Crippen molar-refractivity contribution in [2.75, 3.05) is 14.2 Å². The number of ether oxygens (including phenoxy) is 2. The quantitative estimate of drug-likeness (QED) is 0.846. The Morgan fingerprint density at radius 1 is 1.10 bits per heavy atom. The zero-order valence-corrected chi connectivity index (χ0v) is 13.0. The molecule has 2 aromatic rings. The molecule has 1 aromatic heterocycles. The number of rotatable bonds is 5. The van der Waals surface area contributed by atoms with Crippen molar-refractivity contribution in [2.24, 2.45) is 0 Å². The van der Waals surface area contributed by atoms with Crippen LogP contribution in [0, 0.1) is 0 Å². The number of hydrogen-bond donors (Lipinski definition) is 0. The van der Waals surface area contributed by atoms with Gasteiger partial charge in [-0.15, -0.1) is 10.2 Å². The standard InChI is InChI=1S/C13H15Cl2N3O2/c1-4-5-12-16-17-13(15)18(12)9-7-10(19-2)8(14)6-11(9)20-3/h6-7H,4-5H2,1-3H3. The maximum atomic E-state index is 6.14. The van der Waals surface area contributed by atoms with Gasteiger partial charge in [-0.25, -0.2) is 0 Å². The second kappa shape index (κ2) is 6.33. The summed E-state index contributed by atoms with van der Waals surface area (Å²) in [5.41, 5.74) is 0.701. The summed E-state index contributed by atoms with van der Waals surface area (Å²) in [6, 6.07) is 3.44. The first kappa shape index (κ1) is 14.9. The molecule has 7 heteroatoms. The van der Waals surface area contributed by atoms with Crippen LogP contribution in [0.1, 0.15) is 19.2 Å². The molecule has 0 bridgehead atoms. The normalized spacial score (nSPS) is 10.7. The first-order valence-electron chi connectivity index (χ1n) is 6.14. The van der Waals surface area contributed by atoms with E-state index in [1.54, 1.807) is 30.9 Å². The van der Waals surface area contributed by atoms with Crippen LogP contribution in [-0.2, 0) is 6.42 Å². The van der Waals surface area contributed by atoms with E-state index in [2.05, 4.69) is 17.1 Å². The van der Waals surface area contributed by atoms with Gasteiger partial charge in [0.15, 0.2) is 0 Å². The van der Waals surface area contributed by atoms with Crippen molar-refractivity contribution in [3.8, 4) is 17.2 Å². The molecule has 0 amide bonds. The van der Waals surface area contributed by atoms with E-state index >= 15 is 0 Å². The maximum Gasteiger partial charge on any atom is 0.229 e. The Morgan fingerprint density at radius 2 is 1.80 bits per heavy atom. The zero-order chi connectivity index (χ0) is 14.7. The van der Waals surface area contributed by atoms with Crippen LogP contribution in [0.15, 0.2) is 12.1 Å².